The molecule has 1 heterocycles. The standard InChI is InChI=1S/C11H9N3O3S/c1-13-5-6-18-11(13)12-10(15)8-3-2-4-9(7-8)14(16)17/h2-7H,1H3. The van der Waals surface area contributed by atoms with Crippen molar-refractivity contribution < 1.29 is 9.72 Å². The molecule has 0 aliphatic heterocycles. The van der Waals surface area contributed by atoms with Gasteiger partial charge in [-0.3, -0.25) is 14.9 Å². The Labute approximate surface area is 106 Å². The zero-order valence-corrected chi connectivity index (χ0v) is 10.3. The molecule has 2 aromatic rings. The van der Waals surface area contributed by atoms with Crippen molar-refractivity contribution in [1.82, 2.24) is 4.57 Å². The Morgan fingerprint density at radius 2 is 2.28 bits per heavy atom. The van der Waals surface area contributed by atoms with E-state index in [1.54, 1.807) is 23.2 Å². The van der Waals surface area contributed by atoms with Gasteiger partial charge in [-0.1, -0.05) is 6.07 Å². The Kier molecular flexibility index (Phi) is 3.33. The summed E-state index contributed by atoms with van der Waals surface area (Å²) in [7, 11) is 1.77. The molecule has 1 amide bonds. The molecule has 0 N–H and O–H groups in total. The van der Waals surface area contributed by atoms with Crippen LogP contribution in [0.3, 0.4) is 0 Å². The molecule has 18 heavy (non-hydrogen) atoms. The second-order valence-corrected chi connectivity index (χ2v) is 4.39. The summed E-state index contributed by atoms with van der Waals surface area (Å²) >= 11 is 1.32. The number of amides is 1. The van der Waals surface area contributed by atoms with E-state index in [1.807, 2.05) is 0 Å². The van der Waals surface area contributed by atoms with Crippen molar-refractivity contribution in [3.8, 4) is 0 Å². The molecule has 1 aromatic heterocycles. The Balaban J connectivity index is 2.39. The van der Waals surface area contributed by atoms with Crippen LogP contribution in [0.25, 0.3) is 0 Å². The van der Waals surface area contributed by atoms with Crippen LogP contribution in [0.2, 0.25) is 0 Å². The molecule has 0 saturated carbocycles. The van der Waals surface area contributed by atoms with E-state index in [0.29, 0.717) is 4.80 Å². The van der Waals surface area contributed by atoms with Crippen molar-refractivity contribution in [2.24, 2.45) is 12.0 Å². The molecule has 0 fully saturated rings. The normalized spacial score (nSPS) is 11.5. The molecule has 0 radical (unpaired) electrons. The van der Waals surface area contributed by atoms with Crippen molar-refractivity contribution in [3.63, 3.8) is 0 Å². The Bertz CT molecular complexity index is 672. The van der Waals surface area contributed by atoms with Crippen molar-refractivity contribution >= 4 is 22.9 Å². The molecule has 0 bridgehead atoms. The first kappa shape index (κ1) is 12.2. The van der Waals surface area contributed by atoms with Gasteiger partial charge in [0, 0.05) is 36.3 Å². The number of hydrogen-bond acceptors (Lipinski definition) is 4. The lowest BCUT2D eigenvalue weighted by molar-refractivity contribution is -0.384. The first-order valence-electron chi connectivity index (χ1n) is 5.01. The Hall–Kier alpha value is -2.28. The lowest BCUT2D eigenvalue weighted by Crippen LogP contribution is -2.12. The zero-order chi connectivity index (χ0) is 13.1. The van der Waals surface area contributed by atoms with Crippen molar-refractivity contribution in [1.29, 1.82) is 0 Å². The average molecular weight is 263 g/mol. The van der Waals surface area contributed by atoms with Crippen molar-refractivity contribution in [2.45, 2.75) is 0 Å². The van der Waals surface area contributed by atoms with E-state index in [4.69, 9.17) is 0 Å². The maximum absolute atomic E-state index is 11.8. The SMILES string of the molecule is Cn1ccsc1=NC(=O)c1cccc([N+](=O)[O-])c1. The summed E-state index contributed by atoms with van der Waals surface area (Å²) in [6, 6.07) is 5.53. The molecule has 6 nitrogen and oxygen atoms in total. The van der Waals surface area contributed by atoms with Gasteiger partial charge in [-0.2, -0.15) is 4.99 Å². The number of nitro groups is 1. The van der Waals surface area contributed by atoms with E-state index in [2.05, 4.69) is 4.99 Å². The number of benzene rings is 1. The number of aryl methyl sites for hydroxylation is 1. The fourth-order valence-corrected chi connectivity index (χ4v) is 2.07. The molecule has 92 valence electrons. The predicted octanol–water partition coefficient (Wildman–Crippen LogP) is 1.74. The van der Waals surface area contributed by atoms with Crippen LogP contribution in [0, 0.1) is 10.1 Å². The first-order valence-corrected chi connectivity index (χ1v) is 5.89. The van der Waals surface area contributed by atoms with E-state index in [1.165, 1.54) is 35.6 Å². The Morgan fingerprint density at radius 3 is 2.89 bits per heavy atom. The molecule has 0 aliphatic rings. The van der Waals surface area contributed by atoms with Gasteiger partial charge in [0.1, 0.15) is 0 Å². The lowest BCUT2D eigenvalue weighted by atomic mass is 10.2. The molecule has 0 spiro atoms. The van der Waals surface area contributed by atoms with Crippen LogP contribution in [-0.4, -0.2) is 15.4 Å². The largest absolute Gasteiger partial charge is 0.327 e. The fourth-order valence-electron chi connectivity index (χ4n) is 1.34. The maximum Gasteiger partial charge on any atom is 0.279 e. The van der Waals surface area contributed by atoms with Crippen LogP contribution in [0.5, 0.6) is 0 Å². The monoisotopic (exact) mass is 263 g/mol. The van der Waals surface area contributed by atoms with Crippen LogP contribution in [0.15, 0.2) is 40.8 Å². The second-order valence-electron chi connectivity index (χ2n) is 3.52. The number of non-ortho nitro benzene ring substituents is 1. The quantitative estimate of drug-likeness (QED) is 0.611. The minimum Gasteiger partial charge on any atom is -0.327 e. The number of nitrogens with zero attached hydrogens (tertiary/aromatic N) is 3. The van der Waals surface area contributed by atoms with Crippen molar-refractivity contribution in [3.05, 3.63) is 56.3 Å². The summed E-state index contributed by atoms with van der Waals surface area (Å²) in [5.41, 5.74) is 0.0872. The zero-order valence-electron chi connectivity index (χ0n) is 9.44. The van der Waals surface area contributed by atoms with Gasteiger partial charge in [0.25, 0.3) is 11.6 Å². The maximum atomic E-state index is 11.8. The van der Waals surface area contributed by atoms with E-state index < -0.39 is 10.8 Å². The van der Waals surface area contributed by atoms with Gasteiger partial charge in [0.05, 0.1) is 4.92 Å². The molecule has 2 rings (SSSR count). The number of carbonyl (C=O) groups is 1. The highest BCUT2D eigenvalue weighted by Gasteiger charge is 2.10. The summed E-state index contributed by atoms with van der Waals surface area (Å²) in [4.78, 5) is 26.4. The van der Waals surface area contributed by atoms with Crippen LogP contribution < -0.4 is 4.80 Å². The third kappa shape index (κ3) is 2.51. The summed E-state index contributed by atoms with van der Waals surface area (Å²) in [6.45, 7) is 0. The molecule has 0 aliphatic carbocycles. The third-order valence-corrected chi connectivity index (χ3v) is 3.11. The van der Waals surface area contributed by atoms with Crippen LogP contribution in [0.1, 0.15) is 10.4 Å². The number of carbonyl (C=O) groups excluding carboxylic acids is 1. The minimum atomic E-state index is -0.540. The summed E-state index contributed by atoms with van der Waals surface area (Å²) < 4.78 is 1.71. The van der Waals surface area contributed by atoms with E-state index in [-0.39, 0.29) is 11.3 Å². The molecular weight excluding hydrogens is 254 g/mol. The van der Waals surface area contributed by atoms with E-state index in [9.17, 15) is 14.9 Å². The number of nitro benzene ring substituents is 1. The van der Waals surface area contributed by atoms with Gasteiger partial charge in [0.2, 0.25) is 0 Å². The average Bonchev–Trinajstić information content (AvgIpc) is 2.75. The van der Waals surface area contributed by atoms with Crippen LogP contribution in [0.4, 0.5) is 5.69 Å². The second kappa shape index (κ2) is 4.92. The number of aromatic nitrogens is 1. The van der Waals surface area contributed by atoms with Crippen molar-refractivity contribution in [2.75, 3.05) is 0 Å². The van der Waals surface area contributed by atoms with Gasteiger partial charge in [0.15, 0.2) is 4.80 Å². The molecule has 0 saturated heterocycles. The molecule has 0 atom stereocenters. The van der Waals surface area contributed by atoms with Gasteiger partial charge in [-0.25, -0.2) is 0 Å². The smallest absolute Gasteiger partial charge is 0.279 e. The highest BCUT2D eigenvalue weighted by atomic mass is 32.1. The highest BCUT2D eigenvalue weighted by molar-refractivity contribution is 7.07. The molecule has 0 unspecified atom stereocenters. The van der Waals surface area contributed by atoms with Gasteiger partial charge in [-0.15, -0.1) is 11.3 Å². The fraction of sp³-hybridized carbons (Fsp3) is 0.0909. The molecule has 7 heteroatoms. The lowest BCUT2D eigenvalue weighted by Gasteiger charge is -1.95. The molecular formula is C11H9N3O3S. The summed E-state index contributed by atoms with van der Waals surface area (Å²) in [5.74, 6) is -0.489. The first-order chi connectivity index (χ1) is 8.58. The third-order valence-electron chi connectivity index (χ3n) is 2.26. The van der Waals surface area contributed by atoms with Crippen LogP contribution in [-0.2, 0) is 7.05 Å². The van der Waals surface area contributed by atoms with E-state index in [0.717, 1.165) is 0 Å². The Morgan fingerprint density at radius 1 is 1.50 bits per heavy atom. The minimum absolute atomic E-state index is 0.119. The van der Waals surface area contributed by atoms with E-state index >= 15 is 0 Å². The number of rotatable bonds is 2. The van der Waals surface area contributed by atoms with Crippen LogP contribution >= 0.6 is 11.3 Å². The van der Waals surface area contributed by atoms with Gasteiger partial charge < -0.3 is 4.57 Å². The van der Waals surface area contributed by atoms with Gasteiger partial charge >= 0.3 is 0 Å². The highest BCUT2D eigenvalue weighted by Crippen LogP contribution is 2.13. The topological polar surface area (TPSA) is 77.5 Å². The van der Waals surface area contributed by atoms with Gasteiger partial charge in [-0.05, 0) is 6.07 Å². The molecule has 1 aromatic carbocycles. The summed E-state index contributed by atoms with van der Waals surface area (Å²) in [5, 5.41) is 12.4. The number of thiazole rings is 1. The predicted molar refractivity (Wildman–Crippen MR) is 66.3 cm³/mol. The summed E-state index contributed by atoms with van der Waals surface area (Å²) in [6.07, 6.45) is 1.78. The number of hydrogen-bond donors (Lipinski definition) is 0.